The fourth-order valence-corrected chi connectivity index (χ4v) is 2.72. The molecule has 0 aliphatic rings. The van der Waals surface area contributed by atoms with Crippen LogP contribution in [0.25, 0.3) is 0 Å². The van der Waals surface area contributed by atoms with E-state index in [9.17, 15) is 15.0 Å². The van der Waals surface area contributed by atoms with Crippen molar-refractivity contribution in [2.24, 2.45) is 0 Å². The number of aromatic hydroxyl groups is 1. The molecule has 1 amide bonds. The van der Waals surface area contributed by atoms with E-state index in [-0.39, 0.29) is 11.7 Å². The van der Waals surface area contributed by atoms with Gasteiger partial charge in [0, 0.05) is 32.7 Å². The Balaban J connectivity index is 2.02. The van der Waals surface area contributed by atoms with Gasteiger partial charge in [-0.15, -0.1) is 0 Å². The second kappa shape index (κ2) is 8.14. The molecule has 5 heteroatoms. The highest BCUT2D eigenvalue weighted by Gasteiger charge is 2.13. The number of nitrogens with zero attached hydrogens (tertiary/aromatic N) is 2. The highest BCUT2D eigenvalue weighted by atomic mass is 16.3. The highest BCUT2D eigenvalue weighted by Crippen LogP contribution is 2.22. The van der Waals surface area contributed by atoms with Gasteiger partial charge in [0.15, 0.2) is 0 Å². The van der Waals surface area contributed by atoms with Crippen LogP contribution < -0.4 is 0 Å². The molecule has 5 nitrogen and oxygen atoms in total. The van der Waals surface area contributed by atoms with Gasteiger partial charge in [-0.3, -0.25) is 9.69 Å². The maximum absolute atomic E-state index is 12.1. The Bertz CT molecular complexity index is 743. The Morgan fingerprint density at radius 3 is 2.48 bits per heavy atom. The molecule has 0 spiro atoms. The van der Waals surface area contributed by atoms with Gasteiger partial charge in [-0.2, -0.15) is 0 Å². The number of carbonyl (C=O) groups excluding carboxylic acids is 1. The van der Waals surface area contributed by atoms with Crippen LogP contribution in [0.4, 0.5) is 0 Å². The molecule has 0 radical (unpaired) electrons. The van der Waals surface area contributed by atoms with Crippen molar-refractivity contribution in [2.45, 2.75) is 19.6 Å². The first-order chi connectivity index (χ1) is 11.8. The van der Waals surface area contributed by atoms with Gasteiger partial charge >= 0.3 is 0 Å². The third-order valence-electron chi connectivity index (χ3n) is 4.12. The quantitative estimate of drug-likeness (QED) is 0.847. The van der Waals surface area contributed by atoms with Gasteiger partial charge in [-0.25, -0.2) is 0 Å². The normalized spacial score (nSPS) is 12.2. The number of phenolic OH excluding ortho intramolecular Hbond substituents is 1. The Kier molecular flexibility index (Phi) is 6.17. The molecule has 25 heavy (non-hydrogen) atoms. The molecule has 134 valence electrons. The molecule has 2 rings (SSSR count). The predicted octanol–water partition coefficient (Wildman–Crippen LogP) is 2.57. The van der Waals surface area contributed by atoms with E-state index in [0.717, 1.165) is 16.7 Å². The second-order valence-electron chi connectivity index (χ2n) is 6.66. The van der Waals surface area contributed by atoms with E-state index in [0.29, 0.717) is 18.7 Å². The number of aryl methyl sites for hydroxylation is 1. The zero-order valence-corrected chi connectivity index (χ0v) is 15.2. The van der Waals surface area contributed by atoms with E-state index >= 15 is 0 Å². The molecule has 0 bridgehead atoms. The third-order valence-corrected chi connectivity index (χ3v) is 4.12. The van der Waals surface area contributed by atoms with Crippen molar-refractivity contribution in [2.75, 3.05) is 27.7 Å². The molecule has 0 aliphatic carbocycles. The largest absolute Gasteiger partial charge is 0.508 e. The van der Waals surface area contributed by atoms with Crippen LogP contribution in [0.2, 0.25) is 0 Å². The minimum atomic E-state index is -0.643. The molecule has 0 heterocycles. The number of carbonyl (C=O) groups is 1. The van der Waals surface area contributed by atoms with Crippen LogP contribution in [0.1, 0.15) is 33.2 Å². The lowest BCUT2D eigenvalue weighted by Gasteiger charge is -2.21. The Hall–Kier alpha value is -2.37. The lowest BCUT2D eigenvalue weighted by Crippen LogP contribution is -2.25. The molecule has 2 N–H and O–H groups in total. The summed E-state index contributed by atoms with van der Waals surface area (Å²) >= 11 is 0. The number of likely N-dealkylation sites (N-methyl/N-ethyl adjacent to an activating group) is 1. The van der Waals surface area contributed by atoms with Crippen LogP contribution in [0, 0.1) is 6.92 Å². The average molecular weight is 342 g/mol. The molecule has 0 saturated carbocycles. The van der Waals surface area contributed by atoms with Gasteiger partial charge in [-0.1, -0.05) is 18.2 Å². The van der Waals surface area contributed by atoms with E-state index in [1.54, 1.807) is 43.3 Å². The molecule has 0 saturated heterocycles. The standard InChI is InChI=1S/C20H26N2O3/c1-14-10-16(8-9-18(14)23)19(24)13-22(4)12-15-6-5-7-17(11-15)20(25)21(2)3/h5-11,19,23-24H,12-13H2,1-4H3. The molecular formula is C20H26N2O3. The molecule has 2 aromatic carbocycles. The third kappa shape index (κ3) is 5.05. The average Bonchev–Trinajstić information content (AvgIpc) is 2.56. The second-order valence-corrected chi connectivity index (χ2v) is 6.66. The van der Waals surface area contributed by atoms with Crippen molar-refractivity contribution in [1.82, 2.24) is 9.80 Å². The number of hydrogen-bond acceptors (Lipinski definition) is 4. The fourth-order valence-electron chi connectivity index (χ4n) is 2.72. The molecule has 1 unspecified atom stereocenters. The van der Waals surface area contributed by atoms with Crippen LogP contribution in [0.5, 0.6) is 5.75 Å². The Morgan fingerprint density at radius 1 is 1.12 bits per heavy atom. The number of rotatable bonds is 6. The van der Waals surface area contributed by atoms with Gasteiger partial charge in [0.25, 0.3) is 5.91 Å². The van der Waals surface area contributed by atoms with Crippen LogP contribution >= 0.6 is 0 Å². The number of aliphatic hydroxyl groups is 1. The number of aliphatic hydroxyl groups excluding tert-OH is 1. The van der Waals surface area contributed by atoms with Crippen molar-refractivity contribution in [3.63, 3.8) is 0 Å². The van der Waals surface area contributed by atoms with Gasteiger partial charge < -0.3 is 15.1 Å². The van der Waals surface area contributed by atoms with Crippen LogP contribution in [-0.2, 0) is 6.54 Å². The smallest absolute Gasteiger partial charge is 0.253 e. The first kappa shape index (κ1) is 19.0. The summed E-state index contributed by atoms with van der Waals surface area (Å²) in [4.78, 5) is 15.6. The number of hydrogen-bond donors (Lipinski definition) is 2. The van der Waals surface area contributed by atoms with E-state index < -0.39 is 6.10 Å². The first-order valence-electron chi connectivity index (χ1n) is 8.24. The van der Waals surface area contributed by atoms with Gasteiger partial charge in [0.05, 0.1) is 6.10 Å². The molecule has 0 aromatic heterocycles. The zero-order valence-electron chi connectivity index (χ0n) is 15.2. The molecule has 0 aliphatic heterocycles. The van der Waals surface area contributed by atoms with E-state index in [1.807, 2.05) is 37.1 Å². The van der Waals surface area contributed by atoms with Crippen molar-refractivity contribution >= 4 is 5.91 Å². The number of phenols is 1. The summed E-state index contributed by atoms with van der Waals surface area (Å²) in [6.07, 6.45) is -0.643. The maximum atomic E-state index is 12.1. The Morgan fingerprint density at radius 2 is 1.84 bits per heavy atom. The number of amides is 1. The molecule has 0 fully saturated rings. The molecular weight excluding hydrogens is 316 g/mol. The summed E-state index contributed by atoms with van der Waals surface area (Å²) in [6.45, 7) is 2.89. The summed E-state index contributed by atoms with van der Waals surface area (Å²) in [5, 5.41) is 20.0. The van der Waals surface area contributed by atoms with Crippen molar-refractivity contribution in [3.8, 4) is 5.75 Å². The lowest BCUT2D eigenvalue weighted by molar-refractivity contribution is 0.0827. The van der Waals surface area contributed by atoms with Gasteiger partial charge in [0.1, 0.15) is 5.75 Å². The fraction of sp³-hybridized carbons (Fsp3) is 0.350. The van der Waals surface area contributed by atoms with Crippen molar-refractivity contribution < 1.29 is 15.0 Å². The van der Waals surface area contributed by atoms with Crippen LogP contribution in [0.15, 0.2) is 42.5 Å². The van der Waals surface area contributed by atoms with E-state index in [2.05, 4.69) is 0 Å². The summed E-state index contributed by atoms with van der Waals surface area (Å²) in [6, 6.07) is 12.7. The Labute approximate surface area is 149 Å². The monoisotopic (exact) mass is 342 g/mol. The first-order valence-corrected chi connectivity index (χ1v) is 8.24. The minimum Gasteiger partial charge on any atom is -0.508 e. The van der Waals surface area contributed by atoms with E-state index in [4.69, 9.17) is 0 Å². The summed E-state index contributed by atoms with van der Waals surface area (Å²) in [5.74, 6) is 0.204. The van der Waals surface area contributed by atoms with E-state index in [1.165, 1.54) is 0 Å². The SMILES string of the molecule is Cc1cc(C(O)CN(C)Cc2cccc(C(=O)N(C)C)c2)ccc1O. The maximum Gasteiger partial charge on any atom is 0.253 e. The van der Waals surface area contributed by atoms with Crippen LogP contribution in [0.3, 0.4) is 0 Å². The van der Waals surface area contributed by atoms with Crippen LogP contribution in [-0.4, -0.2) is 53.6 Å². The number of benzene rings is 2. The predicted molar refractivity (Wildman–Crippen MR) is 98.6 cm³/mol. The summed E-state index contributed by atoms with van der Waals surface area (Å²) in [5.41, 5.74) is 3.20. The van der Waals surface area contributed by atoms with Crippen molar-refractivity contribution in [1.29, 1.82) is 0 Å². The van der Waals surface area contributed by atoms with Crippen molar-refractivity contribution in [3.05, 3.63) is 64.7 Å². The zero-order chi connectivity index (χ0) is 18.6. The molecule has 1 atom stereocenters. The topological polar surface area (TPSA) is 64.0 Å². The molecule has 2 aromatic rings. The van der Waals surface area contributed by atoms with Gasteiger partial charge in [0.2, 0.25) is 0 Å². The summed E-state index contributed by atoms with van der Waals surface area (Å²) in [7, 11) is 5.39. The highest BCUT2D eigenvalue weighted by molar-refractivity contribution is 5.94. The minimum absolute atomic E-state index is 0.0240. The van der Waals surface area contributed by atoms with Gasteiger partial charge in [-0.05, 0) is 54.9 Å². The summed E-state index contributed by atoms with van der Waals surface area (Å²) < 4.78 is 0. The lowest BCUT2D eigenvalue weighted by atomic mass is 10.0.